The predicted molar refractivity (Wildman–Crippen MR) is 120 cm³/mol. The van der Waals surface area contributed by atoms with E-state index in [2.05, 4.69) is 46.2 Å². The number of unbranched alkanes of at least 4 members (excludes halogenated alkanes) is 8. The largest absolute Gasteiger partial charge is 0.458 e. The van der Waals surface area contributed by atoms with Crippen molar-refractivity contribution in [3.05, 3.63) is 0 Å². The van der Waals surface area contributed by atoms with E-state index < -0.39 is 16.6 Å². The van der Waals surface area contributed by atoms with Gasteiger partial charge in [-0.05, 0) is 45.7 Å². The third-order valence-corrected chi connectivity index (χ3v) is 6.25. The van der Waals surface area contributed by atoms with Crippen LogP contribution in [-0.4, -0.2) is 41.9 Å². The number of hydrogen-bond donors (Lipinski definition) is 0. The third kappa shape index (κ3) is 20.4. The van der Waals surface area contributed by atoms with Gasteiger partial charge in [-0.2, -0.15) is 0 Å². The number of ether oxygens (including phenoxy) is 1. The van der Waals surface area contributed by atoms with Crippen LogP contribution in [0.4, 0.5) is 0 Å². The molecule has 0 bridgehead atoms. The maximum absolute atomic E-state index is 12.2. The van der Waals surface area contributed by atoms with Gasteiger partial charge in [0.2, 0.25) is 0 Å². The Kier molecular flexibility index (Phi) is 14.7. The van der Waals surface area contributed by atoms with Gasteiger partial charge in [0.25, 0.3) is 0 Å². The van der Waals surface area contributed by atoms with Gasteiger partial charge in [0.05, 0.1) is 13.2 Å². The molecule has 162 valence electrons. The zero-order valence-electron chi connectivity index (χ0n) is 19.2. The normalized spacial score (nSPS) is 12.6. The minimum Gasteiger partial charge on any atom is -0.458 e. The Bertz CT molecular complexity index is 357. The van der Waals surface area contributed by atoms with Crippen LogP contribution in [0.15, 0.2) is 0 Å². The summed E-state index contributed by atoms with van der Waals surface area (Å²) in [5.41, 5.74) is 0. The lowest BCUT2D eigenvalue weighted by Gasteiger charge is -2.26. The molecule has 27 heavy (non-hydrogen) atoms. The van der Waals surface area contributed by atoms with E-state index in [4.69, 9.17) is 13.6 Å². The lowest BCUT2D eigenvalue weighted by molar-refractivity contribution is -0.152. The van der Waals surface area contributed by atoms with E-state index in [0.29, 0.717) is 19.6 Å². The Morgan fingerprint density at radius 2 is 1.11 bits per heavy atom. The summed E-state index contributed by atoms with van der Waals surface area (Å²) in [4.78, 5) is 12.2. The standard InChI is InChI=1S/C21H46O4Si2/c1-8-9-10-11-12-13-14-15-16-17-21(22)25-20(18-23-26(2,3)4)19-24-27(5,6)7/h20H,8-19H2,1-7H3. The van der Waals surface area contributed by atoms with Crippen molar-refractivity contribution in [1.82, 2.24) is 0 Å². The maximum atomic E-state index is 12.2. The van der Waals surface area contributed by atoms with Gasteiger partial charge in [-0.15, -0.1) is 0 Å². The van der Waals surface area contributed by atoms with Crippen molar-refractivity contribution in [2.75, 3.05) is 13.2 Å². The van der Waals surface area contributed by atoms with Crippen LogP contribution in [0.3, 0.4) is 0 Å². The van der Waals surface area contributed by atoms with Crippen molar-refractivity contribution in [2.24, 2.45) is 0 Å². The van der Waals surface area contributed by atoms with Crippen molar-refractivity contribution in [2.45, 2.75) is 117 Å². The van der Waals surface area contributed by atoms with Crippen LogP contribution in [0.25, 0.3) is 0 Å². The van der Waals surface area contributed by atoms with Crippen molar-refractivity contribution in [1.29, 1.82) is 0 Å². The number of carbonyl (C=O) groups is 1. The smallest absolute Gasteiger partial charge is 0.306 e. The third-order valence-electron chi connectivity index (χ3n) is 4.19. The van der Waals surface area contributed by atoms with Crippen LogP contribution in [0.5, 0.6) is 0 Å². The molecule has 0 spiro atoms. The first-order valence-electron chi connectivity index (χ1n) is 11.0. The molecule has 0 aromatic carbocycles. The zero-order valence-corrected chi connectivity index (χ0v) is 21.2. The Balaban J connectivity index is 4.01. The number of rotatable bonds is 17. The minimum absolute atomic E-state index is 0.110. The molecule has 0 saturated carbocycles. The summed E-state index contributed by atoms with van der Waals surface area (Å²) in [5.74, 6) is -0.110. The fraction of sp³-hybridized carbons (Fsp3) is 0.952. The topological polar surface area (TPSA) is 44.8 Å². The molecule has 0 N–H and O–H groups in total. The van der Waals surface area contributed by atoms with E-state index in [1.54, 1.807) is 0 Å². The van der Waals surface area contributed by atoms with Crippen molar-refractivity contribution in [3.8, 4) is 0 Å². The second kappa shape index (κ2) is 14.8. The second-order valence-corrected chi connectivity index (χ2v) is 18.6. The number of carbonyl (C=O) groups excluding carboxylic acids is 1. The van der Waals surface area contributed by atoms with Gasteiger partial charge in [0.1, 0.15) is 6.10 Å². The molecule has 6 heteroatoms. The first kappa shape index (κ1) is 26.8. The molecule has 0 unspecified atom stereocenters. The summed E-state index contributed by atoms with van der Waals surface area (Å²) < 4.78 is 17.6. The number of esters is 1. The summed E-state index contributed by atoms with van der Waals surface area (Å²) in [6.07, 6.45) is 11.5. The highest BCUT2D eigenvalue weighted by Gasteiger charge is 2.23. The summed E-state index contributed by atoms with van der Waals surface area (Å²) in [7, 11) is -3.27. The lowest BCUT2D eigenvalue weighted by Crippen LogP contribution is -2.38. The van der Waals surface area contributed by atoms with Gasteiger partial charge in [-0.1, -0.05) is 58.3 Å². The molecule has 0 aromatic rings. The first-order chi connectivity index (χ1) is 12.5. The summed E-state index contributed by atoms with van der Waals surface area (Å²) in [5, 5.41) is 0. The molecule has 0 amide bonds. The van der Waals surface area contributed by atoms with Crippen LogP contribution >= 0.6 is 0 Å². The molecule has 0 aliphatic rings. The van der Waals surface area contributed by atoms with Gasteiger partial charge >= 0.3 is 5.97 Å². The molecule has 0 saturated heterocycles. The number of hydrogen-bond acceptors (Lipinski definition) is 4. The van der Waals surface area contributed by atoms with Crippen molar-refractivity contribution < 1.29 is 18.4 Å². The summed E-state index contributed by atoms with van der Waals surface area (Å²) >= 11 is 0. The van der Waals surface area contributed by atoms with Gasteiger partial charge in [-0.3, -0.25) is 4.79 Å². The molecule has 0 fully saturated rings. The quantitative estimate of drug-likeness (QED) is 0.153. The summed E-state index contributed by atoms with van der Waals surface area (Å²) in [6, 6.07) is 0. The van der Waals surface area contributed by atoms with Crippen LogP contribution < -0.4 is 0 Å². The molecule has 0 rings (SSSR count). The SMILES string of the molecule is CCCCCCCCCCCC(=O)OC(CO[Si](C)(C)C)CO[Si](C)(C)C. The van der Waals surface area contributed by atoms with E-state index in [9.17, 15) is 4.79 Å². The highest BCUT2D eigenvalue weighted by Crippen LogP contribution is 2.13. The van der Waals surface area contributed by atoms with E-state index in [1.807, 2.05) is 0 Å². The monoisotopic (exact) mass is 418 g/mol. The zero-order chi connectivity index (χ0) is 20.8. The molecule has 0 aliphatic heterocycles. The molecular formula is C21H46O4Si2. The highest BCUT2D eigenvalue weighted by atomic mass is 28.4. The molecule has 0 heterocycles. The van der Waals surface area contributed by atoms with Crippen molar-refractivity contribution in [3.63, 3.8) is 0 Å². The Morgan fingerprint density at radius 1 is 0.704 bits per heavy atom. The fourth-order valence-corrected chi connectivity index (χ4v) is 4.00. The van der Waals surface area contributed by atoms with E-state index in [1.165, 1.54) is 44.9 Å². The van der Waals surface area contributed by atoms with Crippen LogP contribution in [0.2, 0.25) is 39.3 Å². The van der Waals surface area contributed by atoms with Crippen molar-refractivity contribution >= 4 is 22.6 Å². The van der Waals surface area contributed by atoms with E-state index in [0.717, 1.165) is 12.8 Å². The second-order valence-electron chi connectivity index (χ2n) is 9.54. The van der Waals surface area contributed by atoms with Gasteiger partial charge in [-0.25, -0.2) is 0 Å². The average Bonchev–Trinajstić information content (AvgIpc) is 2.54. The van der Waals surface area contributed by atoms with E-state index in [-0.39, 0.29) is 12.1 Å². The first-order valence-corrected chi connectivity index (χ1v) is 17.8. The van der Waals surface area contributed by atoms with Crippen LogP contribution in [-0.2, 0) is 18.4 Å². The summed E-state index contributed by atoms with van der Waals surface area (Å²) in [6.45, 7) is 16.0. The van der Waals surface area contributed by atoms with Crippen LogP contribution in [0, 0.1) is 0 Å². The Morgan fingerprint density at radius 3 is 1.52 bits per heavy atom. The highest BCUT2D eigenvalue weighted by molar-refractivity contribution is 6.70. The molecule has 0 radical (unpaired) electrons. The van der Waals surface area contributed by atoms with Gasteiger partial charge in [0.15, 0.2) is 16.6 Å². The minimum atomic E-state index is -1.63. The Labute approximate surface area is 171 Å². The maximum Gasteiger partial charge on any atom is 0.306 e. The molecule has 0 aromatic heterocycles. The Hall–Kier alpha value is -0.176. The van der Waals surface area contributed by atoms with Crippen LogP contribution in [0.1, 0.15) is 71.1 Å². The molecular weight excluding hydrogens is 372 g/mol. The fourth-order valence-electron chi connectivity index (χ4n) is 2.63. The van der Waals surface area contributed by atoms with Gasteiger partial charge in [0, 0.05) is 6.42 Å². The van der Waals surface area contributed by atoms with Gasteiger partial charge < -0.3 is 13.6 Å². The average molecular weight is 419 g/mol. The molecule has 0 atom stereocenters. The van der Waals surface area contributed by atoms with E-state index >= 15 is 0 Å². The molecule has 0 aliphatic carbocycles. The molecule has 4 nitrogen and oxygen atoms in total. The predicted octanol–water partition coefficient (Wildman–Crippen LogP) is 6.52. The lowest BCUT2D eigenvalue weighted by atomic mass is 10.1.